The van der Waals surface area contributed by atoms with Crippen LogP contribution in [0.1, 0.15) is 25.0 Å². The highest BCUT2D eigenvalue weighted by atomic mass is 79.9. The molecule has 0 radical (unpaired) electrons. The molecule has 100 valence electrons. The molecule has 1 saturated heterocycles. The first-order valence-electron chi connectivity index (χ1n) is 6.46. The first-order valence-corrected chi connectivity index (χ1v) is 7.26. The maximum Gasteiger partial charge on any atom is 0.0916 e. The summed E-state index contributed by atoms with van der Waals surface area (Å²) in [6.07, 6.45) is 0.926. The van der Waals surface area contributed by atoms with Gasteiger partial charge in [-0.1, -0.05) is 35.0 Å². The van der Waals surface area contributed by atoms with Crippen molar-refractivity contribution in [1.82, 2.24) is 4.90 Å². The molecule has 0 spiro atoms. The fourth-order valence-electron chi connectivity index (χ4n) is 2.23. The maximum atomic E-state index is 10.2. The van der Waals surface area contributed by atoms with Gasteiger partial charge in [0.1, 0.15) is 0 Å². The van der Waals surface area contributed by atoms with E-state index >= 15 is 0 Å². The molecule has 0 saturated carbocycles. The van der Waals surface area contributed by atoms with Gasteiger partial charge in [-0.3, -0.25) is 4.90 Å². The third kappa shape index (κ3) is 3.79. The first-order chi connectivity index (χ1) is 8.69. The van der Waals surface area contributed by atoms with Crippen LogP contribution in [0.2, 0.25) is 0 Å². The van der Waals surface area contributed by atoms with Crippen LogP contribution in [0.5, 0.6) is 0 Å². The van der Waals surface area contributed by atoms with Crippen molar-refractivity contribution in [3.05, 3.63) is 34.3 Å². The number of β-amino-alcohol motifs (C(OH)–C–C–N with tert-alkyl or cyclic N) is 1. The van der Waals surface area contributed by atoms with E-state index in [0.29, 0.717) is 12.6 Å². The van der Waals surface area contributed by atoms with E-state index in [2.05, 4.69) is 27.8 Å². The Kier molecular flexibility index (Phi) is 5.18. The van der Waals surface area contributed by atoms with E-state index in [0.717, 1.165) is 36.2 Å². The Bertz CT molecular complexity index is 369. The summed E-state index contributed by atoms with van der Waals surface area (Å²) in [6, 6.07) is 7.86. The van der Waals surface area contributed by atoms with Gasteiger partial charge in [0.05, 0.1) is 18.8 Å². The van der Waals surface area contributed by atoms with Crippen molar-refractivity contribution in [1.29, 1.82) is 0 Å². The number of halogens is 1. The van der Waals surface area contributed by atoms with Gasteiger partial charge in [-0.2, -0.15) is 0 Å². The zero-order chi connectivity index (χ0) is 13.0. The summed E-state index contributed by atoms with van der Waals surface area (Å²) in [7, 11) is 0. The number of benzene rings is 1. The van der Waals surface area contributed by atoms with Crippen molar-refractivity contribution in [3.63, 3.8) is 0 Å². The molecular formula is C14H20BrNO2. The van der Waals surface area contributed by atoms with Crippen LogP contribution < -0.4 is 0 Å². The third-order valence-electron chi connectivity index (χ3n) is 3.36. The van der Waals surface area contributed by atoms with Crippen molar-refractivity contribution in [2.24, 2.45) is 0 Å². The summed E-state index contributed by atoms with van der Waals surface area (Å²) in [6.45, 7) is 5.42. The largest absolute Gasteiger partial charge is 0.387 e. The highest BCUT2D eigenvalue weighted by Crippen LogP contribution is 2.19. The van der Waals surface area contributed by atoms with Crippen molar-refractivity contribution in [2.75, 3.05) is 26.2 Å². The van der Waals surface area contributed by atoms with E-state index in [9.17, 15) is 5.11 Å². The third-order valence-corrected chi connectivity index (χ3v) is 3.89. The van der Waals surface area contributed by atoms with Gasteiger partial charge in [-0.15, -0.1) is 0 Å². The Morgan fingerprint density at radius 1 is 1.44 bits per heavy atom. The quantitative estimate of drug-likeness (QED) is 0.927. The maximum absolute atomic E-state index is 10.2. The predicted molar refractivity (Wildman–Crippen MR) is 75.6 cm³/mol. The molecule has 4 heteroatoms. The minimum atomic E-state index is -0.422. The molecule has 1 aromatic rings. The van der Waals surface area contributed by atoms with Gasteiger partial charge in [0.15, 0.2) is 0 Å². The van der Waals surface area contributed by atoms with Crippen molar-refractivity contribution >= 4 is 15.9 Å². The van der Waals surface area contributed by atoms with Crippen LogP contribution in [0, 0.1) is 0 Å². The second kappa shape index (κ2) is 6.66. The fraction of sp³-hybridized carbons (Fsp3) is 0.571. The molecule has 1 fully saturated rings. The van der Waals surface area contributed by atoms with Gasteiger partial charge in [0.2, 0.25) is 0 Å². The molecule has 0 bridgehead atoms. The summed E-state index contributed by atoms with van der Waals surface area (Å²) in [5.74, 6) is 0. The first kappa shape index (κ1) is 14.0. The van der Waals surface area contributed by atoms with Crippen molar-refractivity contribution in [3.8, 4) is 0 Å². The Morgan fingerprint density at radius 3 is 2.83 bits per heavy atom. The molecule has 0 amide bonds. The number of nitrogens with zero attached hydrogens (tertiary/aromatic N) is 1. The highest BCUT2D eigenvalue weighted by Gasteiger charge is 2.21. The van der Waals surface area contributed by atoms with Crippen LogP contribution in [0.15, 0.2) is 28.7 Å². The minimum absolute atomic E-state index is 0.316. The van der Waals surface area contributed by atoms with Crippen molar-refractivity contribution < 1.29 is 9.84 Å². The molecular weight excluding hydrogens is 294 g/mol. The average molecular weight is 314 g/mol. The van der Waals surface area contributed by atoms with Crippen LogP contribution in [-0.4, -0.2) is 42.4 Å². The van der Waals surface area contributed by atoms with Crippen LogP contribution in [0.4, 0.5) is 0 Å². The number of hydrogen-bond donors (Lipinski definition) is 1. The van der Waals surface area contributed by atoms with E-state index in [4.69, 9.17) is 4.74 Å². The number of ether oxygens (including phenoxy) is 1. The highest BCUT2D eigenvalue weighted by molar-refractivity contribution is 9.10. The van der Waals surface area contributed by atoms with Gasteiger partial charge < -0.3 is 9.84 Å². The lowest BCUT2D eigenvalue weighted by Gasteiger charge is -2.33. The van der Waals surface area contributed by atoms with Gasteiger partial charge >= 0.3 is 0 Å². The smallest absolute Gasteiger partial charge is 0.0916 e. The summed E-state index contributed by atoms with van der Waals surface area (Å²) < 4.78 is 6.67. The lowest BCUT2D eigenvalue weighted by molar-refractivity contribution is -0.0418. The monoisotopic (exact) mass is 313 g/mol. The van der Waals surface area contributed by atoms with Crippen LogP contribution in [-0.2, 0) is 4.74 Å². The second-order valence-corrected chi connectivity index (χ2v) is 5.64. The summed E-state index contributed by atoms with van der Waals surface area (Å²) in [5, 5.41) is 10.2. The molecule has 1 aliphatic rings. The van der Waals surface area contributed by atoms with Gasteiger partial charge in [-0.25, -0.2) is 0 Å². The Morgan fingerprint density at radius 2 is 2.17 bits per heavy atom. The molecule has 1 heterocycles. The second-order valence-electron chi connectivity index (χ2n) is 4.73. The van der Waals surface area contributed by atoms with Gasteiger partial charge in [-0.05, 0) is 24.1 Å². The Hall–Kier alpha value is -0.420. The van der Waals surface area contributed by atoms with E-state index in [1.54, 1.807) is 0 Å². The lowest BCUT2D eigenvalue weighted by atomic mass is 10.1. The van der Waals surface area contributed by atoms with Crippen LogP contribution in [0.3, 0.4) is 0 Å². The molecule has 3 nitrogen and oxygen atoms in total. The van der Waals surface area contributed by atoms with E-state index in [1.165, 1.54) is 0 Å². The number of aliphatic hydroxyl groups is 1. The molecule has 2 rings (SSSR count). The molecule has 0 unspecified atom stereocenters. The van der Waals surface area contributed by atoms with E-state index in [-0.39, 0.29) is 0 Å². The molecule has 1 N–H and O–H groups in total. The standard InChI is InChI=1S/C14H20BrNO2/c1-2-13-9-16(7-8-18-13)10-14(17)11-3-5-12(15)6-4-11/h3-6,13-14,17H,2,7-10H2,1H3/t13-,14-/m0/s1. The minimum Gasteiger partial charge on any atom is -0.387 e. The number of morpholine rings is 1. The van der Waals surface area contributed by atoms with Gasteiger partial charge in [0, 0.05) is 24.1 Å². The zero-order valence-electron chi connectivity index (χ0n) is 10.7. The number of hydrogen-bond acceptors (Lipinski definition) is 3. The topological polar surface area (TPSA) is 32.7 Å². The molecule has 0 aromatic heterocycles. The lowest BCUT2D eigenvalue weighted by Crippen LogP contribution is -2.43. The normalized spacial score (nSPS) is 22.9. The molecule has 2 atom stereocenters. The summed E-state index contributed by atoms with van der Waals surface area (Å²) >= 11 is 3.40. The van der Waals surface area contributed by atoms with Crippen molar-refractivity contribution in [2.45, 2.75) is 25.6 Å². The number of aliphatic hydroxyl groups excluding tert-OH is 1. The fourth-order valence-corrected chi connectivity index (χ4v) is 2.49. The van der Waals surface area contributed by atoms with Crippen LogP contribution >= 0.6 is 15.9 Å². The summed E-state index contributed by atoms with van der Waals surface area (Å²) in [4.78, 5) is 2.28. The zero-order valence-corrected chi connectivity index (χ0v) is 12.3. The molecule has 1 aromatic carbocycles. The van der Waals surface area contributed by atoms with Crippen LogP contribution in [0.25, 0.3) is 0 Å². The van der Waals surface area contributed by atoms with Gasteiger partial charge in [0.25, 0.3) is 0 Å². The predicted octanol–water partition coefficient (Wildman–Crippen LogP) is 2.59. The summed E-state index contributed by atoms with van der Waals surface area (Å²) in [5.41, 5.74) is 0.970. The number of rotatable bonds is 4. The Balaban J connectivity index is 1.90. The van der Waals surface area contributed by atoms with E-state index < -0.39 is 6.10 Å². The molecule has 18 heavy (non-hydrogen) atoms. The molecule has 1 aliphatic heterocycles. The van der Waals surface area contributed by atoms with E-state index in [1.807, 2.05) is 24.3 Å². The molecule has 0 aliphatic carbocycles. The Labute approximate surface area is 117 Å². The SMILES string of the molecule is CC[C@H]1CN(C[C@H](O)c2ccc(Br)cc2)CCO1. The average Bonchev–Trinajstić information content (AvgIpc) is 2.39.